The smallest absolute Gasteiger partial charge is 0.208 e. The predicted molar refractivity (Wildman–Crippen MR) is 25.8 cm³/mol. The highest BCUT2D eigenvalue weighted by Gasteiger charge is 2.10. The summed E-state index contributed by atoms with van der Waals surface area (Å²) in [6, 6.07) is 0. The average molecular weight is 127 g/mol. The summed E-state index contributed by atoms with van der Waals surface area (Å²) in [4.78, 5) is 0. The number of allylic oxidation sites excluding steroid dienone is 1. The van der Waals surface area contributed by atoms with Crippen LogP contribution >= 0.6 is 11.6 Å². The summed E-state index contributed by atoms with van der Waals surface area (Å²) in [5.41, 5.74) is 0. The van der Waals surface area contributed by atoms with E-state index in [1.165, 1.54) is 0 Å². The number of alkyl halides is 3. The molecule has 0 aromatic rings. The van der Waals surface area contributed by atoms with Gasteiger partial charge in [-0.25, -0.2) is 8.78 Å². The number of rotatable bonds is 2. The minimum atomic E-state index is -2.49. The summed E-state index contributed by atoms with van der Waals surface area (Å²) in [6.45, 7) is 3.07. The average Bonchev–Trinajstić information content (AvgIpc) is 1.65. The molecule has 1 atom stereocenters. The van der Waals surface area contributed by atoms with Crippen molar-refractivity contribution >= 4 is 11.6 Å². The first-order valence-corrected chi connectivity index (χ1v) is 2.17. The zero-order valence-electron chi connectivity index (χ0n) is 3.57. The molecule has 0 radical (unpaired) electrons. The Balaban J connectivity index is 3.33. The highest BCUT2D eigenvalue weighted by Crippen LogP contribution is 2.07. The lowest BCUT2D eigenvalue weighted by atomic mass is 10.4. The molecule has 0 saturated heterocycles. The third kappa shape index (κ3) is 2.57. The molecule has 0 nitrogen and oxygen atoms in total. The van der Waals surface area contributed by atoms with E-state index >= 15 is 0 Å². The Labute approximate surface area is 45.8 Å². The van der Waals surface area contributed by atoms with Crippen molar-refractivity contribution in [3.8, 4) is 0 Å². The van der Waals surface area contributed by atoms with Crippen LogP contribution in [-0.4, -0.2) is 11.8 Å². The van der Waals surface area contributed by atoms with E-state index in [9.17, 15) is 8.78 Å². The Morgan fingerprint density at radius 1 is 1.57 bits per heavy atom. The third-order valence-corrected chi connectivity index (χ3v) is 0.835. The number of halogens is 3. The van der Waals surface area contributed by atoms with Gasteiger partial charge in [0.2, 0.25) is 0 Å². The summed E-state index contributed by atoms with van der Waals surface area (Å²) in [6.07, 6.45) is -1.48. The van der Waals surface area contributed by atoms with Crippen LogP contribution in [0.2, 0.25) is 0 Å². The van der Waals surface area contributed by atoms with Gasteiger partial charge in [-0.3, -0.25) is 0 Å². The molecule has 0 amide bonds. The van der Waals surface area contributed by atoms with Gasteiger partial charge in [-0.05, 0) is 0 Å². The summed E-state index contributed by atoms with van der Waals surface area (Å²) in [5, 5.41) is -1.19. The Morgan fingerprint density at radius 3 is 2.00 bits per heavy atom. The molecule has 0 heterocycles. The Morgan fingerprint density at radius 2 is 2.00 bits per heavy atom. The van der Waals surface area contributed by atoms with E-state index < -0.39 is 11.8 Å². The first-order valence-electron chi connectivity index (χ1n) is 1.73. The number of hydrogen-bond acceptors (Lipinski definition) is 0. The Hall–Kier alpha value is -0.110. The standard InChI is InChI=1S/C4H5ClF2/c1-2-3(5)4(6)7/h2-4H,1H2. The van der Waals surface area contributed by atoms with Gasteiger partial charge >= 0.3 is 0 Å². The van der Waals surface area contributed by atoms with Crippen molar-refractivity contribution < 1.29 is 8.78 Å². The lowest BCUT2D eigenvalue weighted by Gasteiger charge is -1.96. The molecule has 0 fully saturated rings. The summed E-state index contributed by atoms with van der Waals surface area (Å²) in [7, 11) is 0. The molecule has 0 N–H and O–H groups in total. The second kappa shape index (κ2) is 2.97. The first-order chi connectivity index (χ1) is 3.18. The van der Waals surface area contributed by atoms with Gasteiger partial charge in [0.05, 0.1) is 0 Å². The van der Waals surface area contributed by atoms with Crippen LogP contribution in [0, 0.1) is 0 Å². The molecule has 0 aliphatic carbocycles. The highest BCUT2D eigenvalue weighted by molar-refractivity contribution is 6.22. The molecular formula is C4H5ClF2. The monoisotopic (exact) mass is 126 g/mol. The minimum absolute atomic E-state index is 1.01. The molecule has 1 unspecified atom stereocenters. The van der Waals surface area contributed by atoms with Crippen LogP contribution in [0.25, 0.3) is 0 Å². The molecule has 0 bridgehead atoms. The van der Waals surface area contributed by atoms with Crippen LogP contribution < -0.4 is 0 Å². The van der Waals surface area contributed by atoms with Gasteiger partial charge in [0, 0.05) is 0 Å². The largest absolute Gasteiger partial charge is 0.258 e. The molecule has 0 aromatic carbocycles. The van der Waals surface area contributed by atoms with Crippen molar-refractivity contribution in [2.75, 3.05) is 0 Å². The van der Waals surface area contributed by atoms with Crippen molar-refractivity contribution in [3.05, 3.63) is 12.7 Å². The van der Waals surface area contributed by atoms with Crippen molar-refractivity contribution in [2.24, 2.45) is 0 Å². The molecule has 42 valence electrons. The van der Waals surface area contributed by atoms with E-state index in [0.29, 0.717) is 0 Å². The number of hydrogen-bond donors (Lipinski definition) is 0. The molecule has 0 aliphatic heterocycles. The van der Waals surface area contributed by atoms with Crippen molar-refractivity contribution in [1.82, 2.24) is 0 Å². The summed E-state index contributed by atoms with van der Waals surface area (Å²) < 4.78 is 22.5. The van der Waals surface area contributed by atoms with Gasteiger partial charge in [-0.2, -0.15) is 0 Å². The van der Waals surface area contributed by atoms with Crippen LogP contribution in [0.1, 0.15) is 0 Å². The highest BCUT2D eigenvalue weighted by atomic mass is 35.5. The van der Waals surface area contributed by atoms with E-state index in [0.717, 1.165) is 6.08 Å². The second-order valence-corrected chi connectivity index (χ2v) is 1.52. The molecule has 0 saturated carbocycles. The summed E-state index contributed by atoms with van der Waals surface area (Å²) in [5.74, 6) is 0. The molecular weight excluding hydrogens is 121 g/mol. The first kappa shape index (κ1) is 6.89. The third-order valence-electron chi connectivity index (χ3n) is 0.466. The van der Waals surface area contributed by atoms with Crippen molar-refractivity contribution in [3.63, 3.8) is 0 Å². The zero-order valence-corrected chi connectivity index (χ0v) is 4.33. The fraction of sp³-hybridized carbons (Fsp3) is 0.500. The molecule has 0 aliphatic rings. The van der Waals surface area contributed by atoms with Gasteiger partial charge in [0.1, 0.15) is 5.38 Å². The fourth-order valence-corrected chi connectivity index (χ4v) is 0.103. The maximum Gasteiger partial charge on any atom is 0.258 e. The normalized spacial score (nSPS) is 14.3. The predicted octanol–water partition coefficient (Wildman–Crippen LogP) is 2.04. The lowest BCUT2D eigenvalue weighted by molar-refractivity contribution is 0.156. The van der Waals surface area contributed by atoms with E-state index in [2.05, 4.69) is 6.58 Å². The van der Waals surface area contributed by atoms with E-state index in [4.69, 9.17) is 11.6 Å². The van der Waals surface area contributed by atoms with Crippen LogP contribution in [-0.2, 0) is 0 Å². The quantitative estimate of drug-likeness (QED) is 0.392. The zero-order chi connectivity index (χ0) is 5.86. The molecule has 7 heavy (non-hydrogen) atoms. The van der Waals surface area contributed by atoms with E-state index in [1.54, 1.807) is 0 Å². The maximum absolute atomic E-state index is 11.2. The SMILES string of the molecule is C=CC(Cl)C(F)F. The van der Waals surface area contributed by atoms with Crippen LogP contribution in [0.5, 0.6) is 0 Å². The topological polar surface area (TPSA) is 0 Å². The van der Waals surface area contributed by atoms with Crippen LogP contribution in [0.4, 0.5) is 8.78 Å². The molecule has 0 spiro atoms. The summed E-state index contributed by atoms with van der Waals surface area (Å²) >= 11 is 4.93. The van der Waals surface area contributed by atoms with Gasteiger partial charge < -0.3 is 0 Å². The van der Waals surface area contributed by atoms with Crippen LogP contribution in [0.15, 0.2) is 12.7 Å². The fourth-order valence-electron chi connectivity index (χ4n) is 0.103. The molecule has 0 rings (SSSR count). The van der Waals surface area contributed by atoms with Gasteiger partial charge in [0.15, 0.2) is 0 Å². The van der Waals surface area contributed by atoms with Gasteiger partial charge in [-0.1, -0.05) is 6.08 Å². The van der Waals surface area contributed by atoms with Gasteiger partial charge in [0.25, 0.3) is 6.43 Å². The molecule has 3 heteroatoms. The van der Waals surface area contributed by atoms with E-state index in [-0.39, 0.29) is 0 Å². The Bertz CT molecular complexity index is 62.7. The maximum atomic E-state index is 11.2. The second-order valence-electron chi connectivity index (χ2n) is 1.01. The molecule has 0 aromatic heterocycles. The van der Waals surface area contributed by atoms with Crippen molar-refractivity contribution in [1.29, 1.82) is 0 Å². The minimum Gasteiger partial charge on any atom is -0.208 e. The lowest BCUT2D eigenvalue weighted by Crippen LogP contribution is -2.05. The van der Waals surface area contributed by atoms with E-state index in [1.807, 2.05) is 0 Å². The van der Waals surface area contributed by atoms with Gasteiger partial charge in [-0.15, -0.1) is 18.2 Å². The Kier molecular flexibility index (Phi) is 2.92. The van der Waals surface area contributed by atoms with Crippen molar-refractivity contribution in [2.45, 2.75) is 11.8 Å². The van der Waals surface area contributed by atoms with Crippen LogP contribution in [0.3, 0.4) is 0 Å².